The van der Waals surface area contributed by atoms with Crippen molar-refractivity contribution in [2.75, 3.05) is 0 Å². The minimum Gasteiger partial charge on any atom is -0.490 e. The Morgan fingerprint density at radius 1 is 1.04 bits per heavy atom. The summed E-state index contributed by atoms with van der Waals surface area (Å²) in [6.07, 6.45) is 1.98. The van der Waals surface area contributed by atoms with Crippen molar-refractivity contribution in [2.45, 2.75) is 20.0 Å². The van der Waals surface area contributed by atoms with Gasteiger partial charge in [-0.2, -0.15) is 5.26 Å². The molecule has 0 aliphatic carbocycles. The summed E-state index contributed by atoms with van der Waals surface area (Å²) in [4.78, 5) is 0. The number of benzene rings is 3. The van der Waals surface area contributed by atoms with Crippen molar-refractivity contribution in [3.63, 3.8) is 0 Å². The molecule has 0 amide bonds. The summed E-state index contributed by atoms with van der Waals surface area (Å²) in [5.74, 6) is 0.790. The molecule has 0 fully saturated rings. The molecular weight excluding hydrogens is 374 g/mol. The molecule has 0 saturated carbocycles. The van der Waals surface area contributed by atoms with Crippen molar-refractivity contribution < 1.29 is 4.74 Å². The molecule has 2 nitrogen and oxygen atoms in total. The number of nitrogens with zero attached hydrogens (tertiary/aromatic N) is 1. The van der Waals surface area contributed by atoms with Gasteiger partial charge in [0, 0.05) is 10.0 Å². The third-order valence-corrected chi connectivity index (χ3v) is 4.39. The first-order valence-electron chi connectivity index (χ1n) is 8.14. The molecule has 0 N–H and O–H groups in total. The molecule has 0 bridgehead atoms. The van der Waals surface area contributed by atoms with Crippen LogP contribution in [-0.4, -0.2) is 6.10 Å². The molecule has 3 rings (SSSR count). The molecule has 0 aliphatic rings. The van der Waals surface area contributed by atoms with Crippen molar-refractivity contribution in [1.29, 1.82) is 5.26 Å². The van der Waals surface area contributed by atoms with E-state index in [1.54, 1.807) is 0 Å². The zero-order valence-corrected chi connectivity index (χ0v) is 15.7. The topological polar surface area (TPSA) is 33.0 Å². The molecule has 0 spiro atoms. The highest BCUT2D eigenvalue weighted by Gasteiger charge is 2.11. The number of rotatable bonds is 4. The summed E-state index contributed by atoms with van der Waals surface area (Å²) < 4.78 is 6.98. The quantitative estimate of drug-likeness (QED) is 0.377. The number of nitriles is 1. The number of hydrogen-bond donors (Lipinski definition) is 0. The second-order valence-electron chi connectivity index (χ2n) is 6.04. The van der Waals surface area contributed by atoms with Crippen LogP contribution in [0.4, 0.5) is 0 Å². The Bertz CT molecular complexity index is 965. The van der Waals surface area contributed by atoms with E-state index in [0.717, 1.165) is 32.1 Å². The van der Waals surface area contributed by atoms with E-state index in [0.29, 0.717) is 5.57 Å². The van der Waals surface area contributed by atoms with Crippen molar-refractivity contribution in [1.82, 2.24) is 0 Å². The summed E-state index contributed by atoms with van der Waals surface area (Å²) in [7, 11) is 0. The maximum atomic E-state index is 9.68. The largest absolute Gasteiger partial charge is 0.490 e. The summed E-state index contributed by atoms with van der Waals surface area (Å²) in [5.41, 5.74) is 2.43. The average Bonchev–Trinajstić information content (AvgIpc) is 2.61. The van der Waals surface area contributed by atoms with Crippen molar-refractivity contribution >= 4 is 38.4 Å². The van der Waals surface area contributed by atoms with Crippen LogP contribution in [0.5, 0.6) is 5.75 Å². The van der Waals surface area contributed by atoms with Gasteiger partial charge in [-0.15, -0.1) is 0 Å². The Morgan fingerprint density at radius 3 is 2.44 bits per heavy atom. The molecule has 0 unspecified atom stereocenters. The molecule has 124 valence electrons. The van der Waals surface area contributed by atoms with Crippen LogP contribution in [0.1, 0.15) is 25.0 Å². The molecular formula is C22H18BrNO. The van der Waals surface area contributed by atoms with Crippen LogP contribution in [0.2, 0.25) is 0 Å². The lowest BCUT2D eigenvalue weighted by molar-refractivity contribution is 0.242. The maximum absolute atomic E-state index is 9.68. The molecule has 25 heavy (non-hydrogen) atoms. The Hall–Kier alpha value is -2.57. The third-order valence-electron chi connectivity index (χ3n) is 3.86. The van der Waals surface area contributed by atoms with E-state index in [1.807, 2.05) is 62.4 Å². The highest BCUT2D eigenvalue weighted by molar-refractivity contribution is 9.10. The number of allylic oxidation sites excluding steroid dienone is 1. The van der Waals surface area contributed by atoms with Gasteiger partial charge >= 0.3 is 0 Å². The van der Waals surface area contributed by atoms with Gasteiger partial charge in [0.1, 0.15) is 5.75 Å². The maximum Gasteiger partial charge on any atom is 0.127 e. The summed E-state index contributed by atoms with van der Waals surface area (Å²) >= 11 is 3.43. The van der Waals surface area contributed by atoms with Crippen LogP contribution >= 0.6 is 15.9 Å². The van der Waals surface area contributed by atoms with Crippen molar-refractivity contribution in [3.05, 3.63) is 76.3 Å². The second kappa shape index (κ2) is 7.55. The van der Waals surface area contributed by atoms with E-state index in [2.05, 4.69) is 40.2 Å². The molecule has 0 aliphatic heterocycles. The zero-order chi connectivity index (χ0) is 17.8. The molecule has 0 heterocycles. The molecule has 0 atom stereocenters. The monoisotopic (exact) mass is 391 g/mol. The smallest absolute Gasteiger partial charge is 0.127 e. The lowest BCUT2D eigenvalue weighted by Gasteiger charge is -2.15. The summed E-state index contributed by atoms with van der Waals surface area (Å²) in [6, 6.07) is 22.2. The Kier molecular flexibility index (Phi) is 5.21. The minimum absolute atomic E-state index is 0.0616. The van der Waals surface area contributed by atoms with Gasteiger partial charge in [0.25, 0.3) is 0 Å². The Balaban J connectivity index is 2.21. The summed E-state index contributed by atoms with van der Waals surface area (Å²) in [6.45, 7) is 4.01. The SMILES string of the molecule is CC(C)Oc1ccc2ccccc2c1/C=C(\C#N)c1ccc(Br)cc1. The third kappa shape index (κ3) is 3.92. The normalized spacial score (nSPS) is 11.6. The zero-order valence-electron chi connectivity index (χ0n) is 14.2. The number of halogens is 1. The van der Waals surface area contributed by atoms with Gasteiger partial charge in [0.05, 0.1) is 17.7 Å². The van der Waals surface area contributed by atoms with Crippen LogP contribution in [0, 0.1) is 11.3 Å². The first kappa shape index (κ1) is 17.3. The van der Waals surface area contributed by atoms with Crippen LogP contribution in [-0.2, 0) is 0 Å². The van der Waals surface area contributed by atoms with E-state index >= 15 is 0 Å². The van der Waals surface area contributed by atoms with E-state index in [-0.39, 0.29) is 6.10 Å². The molecule has 3 heteroatoms. The second-order valence-corrected chi connectivity index (χ2v) is 6.96. The molecule has 0 saturated heterocycles. The number of fused-ring (bicyclic) bond motifs is 1. The van der Waals surface area contributed by atoms with E-state index < -0.39 is 0 Å². The Labute approximate surface area is 156 Å². The molecule has 3 aromatic carbocycles. The predicted molar refractivity (Wildman–Crippen MR) is 107 cm³/mol. The van der Waals surface area contributed by atoms with Crippen LogP contribution in [0.3, 0.4) is 0 Å². The highest BCUT2D eigenvalue weighted by atomic mass is 79.9. The van der Waals surface area contributed by atoms with Crippen molar-refractivity contribution in [2.24, 2.45) is 0 Å². The van der Waals surface area contributed by atoms with Gasteiger partial charge in [-0.25, -0.2) is 0 Å². The first-order valence-corrected chi connectivity index (χ1v) is 8.94. The highest BCUT2D eigenvalue weighted by Crippen LogP contribution is 2.32. The lowest BCUT2D eigenvalue weighted by atomic mass is 9.98. The molecule has 0 aromatic heterocycles. The van der Waals surface area contributed by atoms with Gasteiger partial charge in [0.15, 0.2) is 0 Å². The Morgan fingerprint density at radius 2 is 1.76 bits per heavy atom. The molecule has 0 radical (unpaired) electrons. The van der Waals surface area contributed by atoms with Crippen molar-refractivity contribution in [3.8, 4) is 11.8 Å². The van der Waals surface area contributed by atoms with Crippen LogP contribution < -0.4 is 4.74 Å². The van der Waals surface area contributed by atoms with Gasteiger partial charge in [0.2, 0.25) is 0 Å². The van der Waals surface area contributed by atoms with E-state index in [1.165, 1.54) is 0 Å². The lowest BCUT2D eigenvalue weighted by Crippen LogP contribution is -2.06. The minimum atomic E-state index is 0.0616. The number of ether oxygens (including phenoxy) is 1. The van der Waals surface area contributed by atoms with Crippen LogP contribution in [0.15, 0.2) is 65.1 Å². The van der Waals surface area contributed by atoms with Gasteiger partial charge in [-0.3, -0.25) is 0 Å². The standard InChI is InChI=1S/C22H18BrNO/c1-15(2)25-22-12-9-17-5-3-4-6-20(17)21(22)13-18(14-24)16-7-10-19(23)11-8-16/h3-13,15H,1-2H3/b18-13+. The first-order chi connectivity index (χ1) is 12.1. The predicted octanol–water partition coefficient (Wildman–Crippen LogP) is 6.45. The average molecular weight is 392 g/mol. The van der Waals surface area contributed by atoms with Gasteiger partial charge in [-0.05, 0) is 54.5 Å². The number of hydrogen-bond acceptors (Lipinski definition) is 2. The molecule has 3 aromatic rings. The fraction of sp³-hybridized carbons (Fsp3) is 0.136. The van der Waals surface area contributed by atoms with Crippen LogP contribution in [0.25, 0.3) is 22.4 Å². The fourth-order valence-corrected chi connectivity index (χ4v) is 3.00. The fourth-order valence-electron chi connectivity index (χ4n) is 2.74. The van der Waals surface area contributed by atoms with E-state index in [9.17, 15) is 5.26 Å². The van der Waals surface area contributed by atoms with E-state index in [4.69, 9.17) is 4.74 Å². The summed E-state index contributed by atoms with van der Waals surface area (Å²) in [5, 5.41) is 11.9. The van der Waals surface area contributed by atoms with Gasteiger partial charge in [-0.1, -0.05) is 58.4 Å². The van der Waals surface area contributed by atoms with Gasteiger partial charge < -0.3 is 4.74 Å².